The zero-order valence-corrected chi connectivity index (χ0v) is 17.1. The summed E-state index contributed by atoms with van der Waals surface area (Å²) in [5.41, 5.74) is 0.667. The van der Waals surface area contributed by atoms with Gasteiger partial charge in [0.2, 0.25) is 0 Å². The number of ketones is 1. The largest absolute Gasteiger partial charge is 0.463 e. The second kappa shape index (κ2) is 6.34. The standard InChI is InChI=1S/C23H36O3/c1-14(24)19-7-8-20-18-6-5-16-13-17(26-15(2)25)9-11-22(16,3)21(18)10-12-23(19,20)4/h16-21H,5-13H2,1-4H3/t16?,17-,18?,19+,20?,21?,22-,23+/m0/s1. The number of esters is 1. The van der Waals surface area contributed by atoms with E-state index >= 15 is 0 Å². The average molecular weight is 361 g/mol. The van der Waals surface area contributed by atoms with Crippen LogP contribution in [0, 0.1) is 40.4 Å². The van der Waals surface area contributed by atoms with Gasteiger partial charge in [-0.2, -0.15) is 0 Å². The Morgan fingerprint density at radius 3 is 2.23 bits per heavy atom. The normalized spacial score (nSPS) is 50.3. The van der Waals surface area contributed by atoms with E-state index < -0.39 is 0 Å². The summed E-state index contributed by atoms with van der Waals surface area (Å²) in [4.78, 5) is 23.6. The molecule has 4 rings (SSSR count). The molecule has 4 unspecified atom stereocenters. The van der Waals surface area contributed by atoms with E-state index in [2.05, 4.69) is 13.8 Å². The summed E-state index contributed by atoms with van der Waals surface area (Å²) >= 11 is 0. The van der Waals surface area contributed by atoms with Crippen molar-refractivity contribution in [2.75, 3.05) is 0 Å². The fraction of sp³-hybridized carbons (Fsp3) is 0.913. The predicted octanol–water partition coefficient (Wildman–Crippen LogP) is 5.17. The van der Waals surface area contributed by atoms with Gasteiger partial charge >= 0.3 is 5.97 Å². The van der Waals surface area contributed by atoms with E-state index in [0.717, 1.165) is 37.0 Å². The zero-order valence-electron chi connectivity index (χ0n) is 17.1. The molecular formula is C23H36O3. The van der Waals surface area contributed by atoms with Crippen LogP contribution in [0.3, 0.4) is 0 Å². The number of fused-ring (bicyclic) bond motifs is 5. The molecule has 3 heteroatoms. The van der Waals surface area contributed by atoms with Crippen molar-refractivity contribution < 1.29 is 14.3 Å². The number of hydrogen-bond acceptors (Lipinski definition) is 3. The summed E-state index contributed by atoms with van der Waals surface area (Å²) in [7, 11) is 0. The van der Waals surface area contributed by atoms with Crippen LogP contribution in [0.5, 0.6) is 0 Å². The van der Waals surface area contributed by atoms with E-state index in [0.29, 0.717) is 23.0 Å². The predicted molar refractivity (Wildman–Crippen MR) is 101 cm³/mol. The van der Waals surface area contributed by atoms with Crippen LogP contribution in [0.15, 0.2) is 0 Å². The Morgan fingerprint density at radius 1 is 0.846 bits per heavy atom. The van der Waals surface area contributed by atoms with Gasteiger partial charge in [-0.25, -0.2) is 0 Å². The molecular weight excluding hydrogens is 324 g/mol. The average Bonchev–Trinajstić information content (AvgIpc) is 2.92. The highest BCUT2D eigenvalue weighted by Crippen LogP contribution is 2.67. The lowest BCUT2D eigenvalue weighted by Crippen LogP contribution is -2.54. The minimum Gasteiger partial charge on any atom is -0.463 e. The van der Waals surface area contributed by atoms with Crippen molar-refractivity contribution in [2.24, 2.45) is 40.4 Å². The number of Topliss-reactive ketones (excluding diaryl/α,β-unsaturated/α-hetero) is 1. The third-order valence-electron chi connectivity index (χ3n) is 9.44. The van der Waals surface area contributed by atoms with Gasteiger partial charge in [0.25, 0.3) is 0 Å². The van der Waals surface area contributed by atoms with Gasteiger partial charge in [0, 0.05) is 12.8 Å². The molecule has 0 spiro atoms. The van der Waals surface area contributed by atoms with Crippen molar-refractivity contribution in [3.05, 3.63) is 0 Å². The molecule has 0 radical (unpaired) electrons. The van der Waals surface area contributed by atoms with Crippen LogP contribution in [0.25, 0.3) is 0 Å². The van der Waals surface area contributed by atoms with Crippen LogP contribution in [-0.2, 0) is 14.3 Å². The molecule has 0 heterocycles. The van der Waals surface area contributed by atoms with Crippen molar-refractivity contribution in [3.63, 3.8) is 0 Å². The minimum atomic E-state index is -0.123. The van der Waals surface area contributed by atoms with Crippen molar-refractivity contribution in [3.8, 4) is 0 Å². The van der Waals surface area contributed by atoms with Crippen LogP contribution < -0.4 is 0 Å². The summed E-state index contributed by atoms with van der Waals surface area (Å²) in [6.07, 6.45) is 11.0. The molecule has 0 aromatic carbocycles. The van der Waals surface area contributed by atoms with Gasteiger partial charge < -0.3 is 4.74 Å². The summed E-state index contributed by atoms with van der Waals surface area (Å²) in [5, 5.41) is 0. The SMILES string of the molecule is CC(=O)O[C@H]1CC[C@@]2(C)C(CCC3C2CC[C@@]2(C)C3CC[C@@H]2C(C)=O)C1. The zero-order chi connectivity index (χ0) is 18.7. The Labute approximate surface area is 158 Å². The maximum Gasteiger partial charge on any atom is 0.302 e. The van der Waals surface area contributed by atoms with Crippen LogP contribution in [0.2, 0.25) is 0 Å². The third kappa shape index (κ3) is 2.67. The maximum absolute atomic E-state index is 12.2. The van der Waals surface area contributed by atoms with Crippen LogP contribution in [0.4, 0.5) is 0 Å². The Morgan fingerprint density at radius 2 is 1.54 bits per heavy atom. The van der Waals surface area contributed by atoms with Crippen molar-refractivity contribution >= 4 is 11.8 Å². The van der Waals surface area contributed by atoms with Gasteiger partial charge in [-0.15, -0.1) is 0 Å². The highest BCUT2D eigenvalue weighted by Gasteiger charge is 2.60. The Balaban J connectivity index is 1.54. The molecule has 146 valence electrons. The summed E-state index contributed by atoms with van der Waals surface area (Å²) in [5.74, 6) is 3.68. The highest BCUT2D eigenvalue weighted by molar-refractivity contribution is 5.79. The molecule has 26 heavy (non-hydrogen) atoms. The molecule has 0 aliphatic heterocycles. The Bertz CT molecular complexity index is 598. The number of carbonyl (C=O) groups is 2. The van der Waals surface area contributed by atoms with E-state index in [-0.39, 0.29) is 17.5 Å². The first-order valence-corrected chi connectivity index (χ1v) is 10.9. The Hall–Kier alpha value is -0.860. The fourth-order valence-electron chi connectivity index (χ4n) is 8.23. The molecule has 0 amide bonds. The summed E-state index contributed by atoms with van der Waals surface area (Å²) in [6, 6.07) is 0. The summed E-state index contributed by atoms with van der Waals surface area (Å²) < 4.78 is 5.57. The highest BCUT2D eigenvalue weighted by atomic mass is 16.5. The van der Waals surface area contributed by atoms with E-state index in [9.17, 15) is 9.59 Å². The van der Waals surface area contributed by atoms with E-state index in [1.807, 2.05) is 6.92 Å². The van der Waals surface area contributed by atoms with Crippen molar-refractivity contribution in [1.29, 1.82) is 0 Å². The van der Waals surface area contributed by atoms with E-state index in [1.165, 1.54) is 45.4 Å². The van der Waals surface area contributed by atoms with Crippen LogP contribution in [-0.4, -0.2) is 17.9 Å². The molecule has 4 fully saturated rings. The third-order valence-corrected chi connectivity index (χ3v) is 9.44. The van der Waals surface area contributed by atoms with Gasteiger partial charge in [-0.3, -0.25) is 9.59 Å². The second-order valence-corrected chi connectivity index (χ2v) is 10.4. The molecule has 4 aliphatic carbocycles. The Kier molecular flexibility index (Phi) is 4.51. The quantitative estimate of drug-likeness (QED) is 0.638. The van der Waals surface area contributed by atoms with Gasteiger partial charge in [-0.05, 0) is 99.2 Å². The first-order chi connectivity index (χ1) is 12.3. The first-order valence-electron chi connectivity index (χ1n) is 10.9. The van der Waals surface area contributed by atoms with Gasteiger partial charge in [0.05, 0.1) is 0 Å². The summed E-state index contributed by atoms with van der Waals surface area (Å²) in [6.45, 7) is 8.33. The monoisotopic (exact) mass is 360 g/mol. The molecule has 0 N–H and O–H groups in total. The number of rotatable bonds is 2. The molecule has 4 aliphatic rings. The smallest absolute Gasteiger partial charge is 0.302 e. The molecule has 0 aromatic heterocycles. The first kappa shape index (κ1) is 18.5. The van der Waals surface area contributed by atoms with Crippen molar-refractivity contribution in [2.45, 2.75) is 91.6 Å². The van der Waals surface area contributed by atoms with Crippen LogP contribution in [0.1, 0.15) is 85.5 Å². The topological polar surface area (TPSA) is 43.4 Å². The molecule has 8 atom stereocenters. The molecule has 4 saturated carbocycles. The lowest BCUT2D eigenvalue weighted by atomic mass is 9.44. The molecule has 3 nitrogen and oxygen atoms in total. The minimum absolute atomic E-state index is 0.123. The van der Waals surface area contributed by atoms with E-state index in [4.69, 9.17) is 4.74 Å². The van der Waals surface area contributed by atoms with Gasteiger partial charge in [0.15, 0.2) is 0 Å². The number of ether oxygens (including phenoxy) is 1. The van der Waals surface area contributed by atoms with Gasteiger partial charge in [-0.1, -0.05) is 13.8 Å². The number of carbonyl (C=O) groups excluding carboxylic acids is 2. The lowest BCUT2D eigenvalue weighted by Gasteiger charge is -2.61. The molecule has 0 saturated heterocycles. The van der Waals surface area contributed by atoms with Gasteiger partial charge in [0.1, 0.15) is 11.9 Å². The van der Waals surface area contributed by atoms with Crippen molar-refractivity contribution in [1.82, 2.24) is 0 Å². The fourth-order valence-corrected chi connectivity index (χ4v) is 8.23. The second-order valence-electron chi connectivity index (χ2n) is 10.4. The number of hydrogen-bond donors (Lipinski definition) is 0. The maximum atomic E-state index is 12.2. The van der Waals surface area contributed by atoms with E-state index in [1.54, 1.807) is 0 Å². The lowest BCUT2D eigenvalue weighted by molar-refractivity contribution is -0.161. The molecule has 0 bridgehead atoms. The molecule has 0 aromatic rings. The van der Waals surface area contributed by atoms with Crippen LogP contribution >= 0.6 is 0 Å².